The second-order valence-electron chi connectivity index (χ2n) is 6.50. The number of alkyl halides is 1. The molecule has 0 unspecified atom stereocenters. The first-order valence-corrected chi connectivity index (χ1v) is 8.74. The van der Waals surface area contributed by atoms with E-state index in [-0.39, 0.29) is 19.1 Å². The van der Waals surface area contributed by atoms with Crippen molar-refractivity contribution in [1.29, 1.82) is 0 Å². The normalized spacial score (nSPS) is 19.8. The van der Waals surface area contributed by atoms with Crippen LogP contribution in [0.4, 0.5) is 15.1 Å². The minimum Gasteiger partial charge on any atom is -0.445 e. The zero-order valence-corrected chi connectivity index (χ0v) is 14.8. The van der Waals surface area contributed by atoms with Crippen molar-refractivity contribution in [3.8, 4) is 0 Å². The second kappa shape index (κ2) is 8.60. The summed E-state index contributed by atoms with van der Waals surface area (Å²) in [7, 11) is 0. The summed E-state index contributed by atoms with van der Waals surface area (Å²) >= 11 is 0. The summed E-state index contributed by atoms with van der Waals surface area (Å²) in [6.07, 6.45) is 2.27. The number of nitrogens with zero attached hydrogens (tertiary/aromatic N) is 3. The number of piperidine rings is 1. The van der Waals surface area contributed by atoms with Gasteiger partial charge in [0.05, 0.1) is 6.54 Å². The van der Waals surface area contributed by atoms with Crippen molar-refractivity contribution in [1.82, 2.24) is 14.9 Å². The van der Waals surface area contributed by atoms with Crippen LogP contribution < -0.4 is 5.32 Å². The van der Waals surface area contributed by atoms with Crippen molar-refractivity contribution < 1.29 is 13.9 Å². The molecule has 7 heteroatoms. The summed E-state index contributed by atoms with van der Waals surface area (Å²) in [4.78, 5) is 21.7. The Balaban J connectivity index is 1.43. The zero-order valence-electron chi connectivity index (χ0n) is 14.8. The van der Waals surface area contributed by atoms with Gasteiger partial charge >= 0.3 is 6.09 Å². The van der Waals surface area contributed by atoms with Gasteiger partial charge in [-0.15, -0.1) is 0 Å². The van der Waals surface area contributed by atoms with E-state index in [9.17, 15) is 9.18 Å². The maximum Gasteiger partial charge on any atom is 0.410 e. The van der Waals surface area contributed by atoms with E-state index in [0.29, 0.717) is 25.5 Å². The Kier molecular flexibility index (Phi) is 5.99. The number of carbonyl (C=O) groups is 1. The largest absolute Gasteiger partial charge is 0.445 e. The Hall–Kier alpha value is -2.70. The summed E-state index contributed by atoms with van der Waals surface area (Å²) in [6.45, 7) is 3.17. The molecule has 1 saturated heterocycles. The highest BCUT2D eigenvalue weighted by atomic mass is 18.2. The average molecular weight is 357 g/mol. The Bertz CT molecular complexity index is 711. The van der Waals surface area contributed by atoms with Crippen molar-refractivity contribution in [2.75, 3.05) is 25.0 Å². The fraction of sp³-hybridized carbons (Fsp3) is 0.421. The van der Waals surface area contributed by atoms with Gasteiger partial charge in [-0.3, -0.25) is 0 Å². The summed E-state index contributed by atoms with van der Waals surface area (Å²) in [6, 6.07) is 9.50. The minimum atomic E-state index is -1.10. The maximum absolute atomic E-state index is 14.4. The van der Waals surface area contributed by atoms with Crippen LogP contribution in [-0.4, -0.2) is 46.8 Å². The van der Waals surface area contributed by atoms with Crippen LogP contribution in [0.3, 0.4) is 0 Å². The number of hydrogen-bond donors (Lipinski definition) is 1. The van der Waals surface area contributed by atoms with Gasteiger partial charge in [0.15, 0.2) is 0 Å². The smallest absolute Gasteiger partial charge is 0.410 e. The molecular weight excluding hydrogens is 334 g/mol. The van der Waals surface area contributed by atoms with E-state index in [1.54, 1.807) is 18.5 Å². The number of benzene rings is 1. The van der Waals surface area contributed by atoms with Gasteiger partial charge in [-0.25, -0.2) is 19.2 Å². The molecule has 1 amide bonds. The molecule has 0 bridgehead atoms. The van der Waals surface area contributed by atoms with E-state index in [0.717, 1.165) is 11.1 Å². The monoisotopic (exact) mass is 357 g/mol. The van der Waals surface area contributed by atoms with Gasteiger partial charge in [0, 0.05) is 31.4 Å². The molecule has 3 rings (SSSR count). The molecule has 2 heterocycles. The predicted octanol–water partition coefficient (Wildman–Crippen LogP) is 3.19. The van der Waals surface area contributed by atoms with Crippen molar-refractivity contribution in [3.05, 3.63) is 53.9 Å². The van der Waals surface area contributed by atoms with E-state index >= 15 is 0 Å². The number of anilines is 1. The summed E-state index contributed by atoms with van der Waals surface area (Å²) in [5.41, 5.74) is 2.07. The number of likely N-dealkylation sites (tertiary alicyclic amines) is 1. The molecule has 1 fully saturated rings. The number of rotatable bonds is 5. The van der Waals surface area contributed by atoms with Gasteiger partial charge in [0.1, 0.15) is 12.8 Å². The lowest BCUT2D eigenvalue weighted by Gasteiger charge is -2.34. The van der Waals surface area contributed by atoms with Crippen molar-refractivity contribution >= 4 is 12.0 Å². The van der Waals surface area contributed by atoms with E-state index in [4.69, 9.17) is 4.74 Å². The number of nitrogens with one attached hydrogen (secondary N) is 1. The zero-order chi connectivity index (χ0) is 18.4. The third kappa shape index (κ3) is 4.91. The lowest BCUT2D eigenvalue weighted by Crippen LogP contribution is -2.46. The molecular formula is C19H23FN4O2. The van der Waals surface area contributed by atoms with Crippen LogP contribution in [0.25, 0.3) is 0 Å². The van der Waals surface area contributed by atoms with Crippen LogP contribution >= 0.6 is 0 Å². The number of amides is 1. The van der Waals surface area contributed by atoms with Crippen LogP contribution in [0.1, 0.15) is 17.5 Å². The van der Waals surface area contributed by atoms with Crippen LogP contribution in [0.15, 0.2) is 42.7 Å². The average Bonchev–Trinajstić information content (AvgIpc) is 2.67. The molecule has 0 aliphatic carbocycles. The second-order valence-corrected chi connectivity index (χ2v) is 6.50. The first kappa shape index (κ1) is 18.1. The fourth-order valence-electron chi connectivity index (χ4n) is 2.88. The van der Waals surface area contributed by atoms with E-state index in [1.165, 1.54) is 4.90 Å². The molecule has 1 aliphatic heterocycles. The van der Waals surface area contributed by atoms with E-state index < -0.39 is 12.3 Å². The number of aryl methyl sites for hydroxylation is 1. The van der Waals surface area contributed by atoms with Crippen LogP contribution in [0, 0.1) is 12.8 Å². The molecule has 1 aromatic carbocycles. The Morgan fingerprint density at radius 3 is 2.73 bits per heavy atom. The molecule has 2 atom stereocenters. The first-order valence-electron chi connectivity index (χ1n) is 8.74. The molecule has 26 heavy (non-hydrogen) atoms. The molecule has 1 N–H and O–H groups in total. The maximum atomic E-state index is 14.4. The van der Waals surface area contributed by atoms with Gasteiger partial charge in [-0.05, 0) is 25.0 Å². The van der Waals surface area contributed by atoms with Gasteiger partial charge in [-0.1, -0.05) is 29.8 Å². The number of halogens is 1. The van der Waals surface area contributed by atoms with Crippen LogP contribution in [0.2, 0.25) is 0 Å². The molecule has 138 valence electrons. The standard InChI is InChI=1S/C19H23FN4O2/c1-14-3-5-15(6-4-14)13-26-19(25)24-10-7-16(17(20)12-24)11-23-18-21-8-2-9-22-18/h2-6,8-9,16-17H,7,10-13H2,1H3,(H,21,22,23)/t16-,17+/m1/s1/i20-1. The molecule has 0 saturated carbocycles. The Morgan fingerprint density at radius 2 is 2.04 bits per heavy atom. The summed E-state index contributed by atoms with van der Waals surface area (Å²) < 4.78 is 19.7. The van der Waals surface area contributed by atoms with Gasteiger partial charge in [0.2, 0.25) is 5.95 Å². The lowest BCUT2D eigenvalue weighted by molar-refractivity contribution is 0.0544. The number of ether oxygens (including phenoxy) is 1. The SMILES string of the molecule is Cc1ccc(COC(=O)N2CC[C@H](CNc3ncccn3)[C@@H]([18F])C2)cc1. The highest BCUT2D eigenvalue weighted by molar-refractivity contribution is 5.67. The van der Waals surface area contributed by atoms with Gasteiger partial charge in [-0.2, -0.15) is 0 Å². The highest BCUT2D eigenvalue weighted by Crippen LogP contribution is 2.22. The fourth-order valence-corrected chi connectivity index (χ4v) is 2.88. The molecule has 1 aliphatic rings. The molecule has 0 spiro atoms. The van der Waals surface area contributed by atoms with Crippen LogP contribution in [0.5, 0.6) is 0 Å². The van der Waals surface area contributed by atoms with Gasteiger partial charge in [0.25, 0.3) is 0 Å². The Labute approximate surface area is 152 Å². The summed E-state index contributed by atoms with van der Waals surface area (Å²) in [5, 5.41) is 3.04. The molecule has 0 radical (unpaired) electrons. The summed E-state index contributed by atoms with van der Waals surface area (Å²) in [5.74, 6) is 0.305. The third-order valence-electron chi connectivity index (χ3n) is 4.51. The van der Waals surface area contributed by atoms with Crippen molar-refractivity contribution in [3.63, 3.8) is 0 Å². The highest BCUT2D eigenvalue weighted by Gasteiger charge is 2.32. The number of aromatic nitrogens is 2. The van der Waals surface area contributed by atoms with Crippen molar-refractivity contribution in [2.45, 2.75) is 26.1 Å². The quantitative estimate of drug-likeness (QED) is 0.890. The number of hydrogen-bond acceptors (Lipinski definition) is 5. The van der Waals surface area contributed by atoms with E-state index in [1.807, 2.05) is 31.2 Å². The predicted molar refractivity (Wildman–Crippen MR) is 96.5 cm³/mol. The Morgan fingerprint density at radius 1 is 1.31 bits per heavy atom. The lowest BCUT2D eigenvalue weighted by atomic mass is 9.95. The van der Waals surface area contributed by atoms with Crippen molar-refractivity contribution in [2.24, 2.45) is 5.92 Å². The molecule has 6 nitrogen and oxygen atoms in total. The van der Waals surface area contributed by atoms with E-state index in [2.05, 4.69) is 15.3 Å². The van der Waals surface area contributed by atoms with Gasteiger partial charge < -0.3 is 15.0 Å². The van der Waals surface area contributed by atoms with Crippen LogP contribution in [-0.2, 0) is 11.3 Å². The third-order valence-corrected chi connectivity index (χ3v) is 4.51. The minimum absolute atomic E-state index is 0.0503. The molecule has 1 aromatic heterocycles. The molecule has 2 aromatic rings. The number of carbonyl (C=O) groups excluding carboxylic acids is 1. The first-order chi connectivity index (χ1) is 12.6. The topological polar surface area (TPSA) is 67.3 Å².